The summed E-state index contributed by atoms with van der Waals surface area (Å²) in [7, 11) is 5.94. The molecule has 1 aromatic carbocycles. The van der Waals surface area contributed by atoms with Crippen molar-refractivity contribution in [3.8, 4) is 5.75 Å². The highest BCUT2D eigenvalue weighted by molar-refractivity contribution is 7.17. The number of ether oxygens (including phenoxy) is 1. The molecule has 1 amide bonds. The predicted octanol–water partition coefficient (Wildman–Crippen LogP) is 4.44. The summed E-state index contributed by atoms with van der Waals surface area (Å²) in [6.45, 7) is 5.26. The third-order valence-corrected chi connectivity index (χ3v) is 8.16. The number of primary amides is 1. The van der Waals surface area contributed by atoms with E-state index in [1.54, 1.807) is 44.5 Å². The highest BCUT2D eigenvalue weighted by Crippen LogP contribution is 2.36. The van der Waals surface area contributed by atoms with E-state index in [1.807, 2.05) is 12.1 Å². The fourth-order valence-electron chi connectivity index (χ4n) is 5.00. The molecule has 0 saturated carbocycles. The van der Waals surface area contributed by atoms with Gasteiger partial charge < -0.3 is 36.0 Å². The Labute approximate surface area is 243 Å². The first-order chi connectivity index (χ1) is 19.5. The van der Waals surface area contributed by atoms with Gasteiger partial charge in [-0.25, -0.2) is 9.97 Å². The molecule has 3 aromatic heterocycles. The topological polar surface area (TPSA) is 142 Å². The van der Waals surface area contributed by atoms with Gasteiger partial charge in [0.1, 0.15) is 27.8 Å². The number of benzene rings is 1. The summed E-state index contributed by atoms with van der Waals surface area (Å²) in [5, 5.41) is 19.1. The number of pyridine rings is 1. The van der Waals surface area contributed by atoms with Crippen LogP contribution in [-0.2, 0) is 5.60 Å². The number of methoxy groups -OCH3 is 1. The van der Waals surface area contributed by atoms with Gasteiger partial charge in [-0.2, -0.15) is 4.98 Å². The smallest absolute Gasteiger partial charge is 0.250 e. The number of hydrogen-bond donors (Lipinski definition) is 4. The lowest BCUT2D eigenvalue weighted by atomic mass is 10.0. The maximum Gasteiger partial charge on any atom is 0.250 e. The van der Waals surface area contributed by atoms with Crippen LogP contribution in [0.2, 0.25) is 0 Å². The molecule has 11 nitrogen and oxygen atoms in total. The zero-order valence-electron chi connectivity index (χ0n) is 23.9. The highest BCUT2D eigenvalue weighted by atomic mass is 32.1. The average Bonchev–Trinajstić information content (AvgIpc) is 3.37. The van der Waals surface area contributed by atoms with Gasteiger partial charge in [0.05, 0.1) is 29.4 Å². The fourth-order valence-corrected chi connectivity index (χ4v) is 5.93. The van der Waals surface area contributed by atoms with Gasteiger partial charge >= 0.3 is 0 Å². The molecule has 0 aliphatic carbocycles. The van der Waals surface area contributed by atoms with Gasteiger partial charge in [-0.1, -0.05) is 6.07 Å². The number of aromatic nitrogens is 3. The summed E-state index contributed by atoms with van der Waals surface area (Å²) in [6.07, 6.45) is 2.20. The molecule has 1 aliphatic heterocycles. The molecular weight excluding hydrogens is 540 g/mol. The van der Waals surface area contributed by atoms with Crippen LogP contribution in [0.15, 0.2) is 41.8 Å². The number of piperidine rings is 1. The molecule has 216 valence electrons. The van der Waals surface area contributed by atoms with Crippen molar-refractivity contribution in [3.05, 3.63) is 53.0 Å². The number of thiophene rings is 1. The highest BCUT2D eigenvalue weighted by Gasteiger charge is 2.24. The molecule has 5 rings (SSSR count). The molecule has 12 heteroatoms. The van der Waals surface area contributed by atoms with Gasteiger partial charge in [0.15, 0.2) is 0 Å². The number of carbonyl (C=O) groups is 1. The third-order valence-electron chi connectivity index (χ3n) is 7.29. The first kappa shape index (κ1) is 28.5. The van der Waals surface area contributed by atoms with E-state index in [-0.39, 0.29) is 0 Å². The third kappa shape index (κ3) is 6.19. The minimum absolute atomic E-state index is 0.321. The summed E-state index contributed by atoms with van der Waals surface area (Å²) < 4.78 is 5.77. The average molecular weight is 577 g/mol. The maximum absolute atomic E-state index is 12.2. The Morgan fingerprint density at radius 2 is 1.90 bits per heavy atom. The molecule has 0 radical (unpaired) electrons. The van der Waals surface area contributed by atoms with Crippen LogP contribution >= 0.6 is 11.3 Å². The number of fused-ring (bicyclic) bond motifs is 1. The molecule has 0 spiro atoms. The number of hydrogen-bond acceptors (Lipinski definition) is 11. The second-order valence-electron chi connectivity index (χ2n) is 10.9. The van der Waals surface area contributed by atoms with Crippen LogP contribution in [0, 0.1) is 0 Å². The van der Waals surface area contributed by atoms with E-state index in [4.69, 9.17) is 15.5 Å². The van der Waals surface area contributed by atoms with Crippen LogP contribution < -0.4 is 26.0 Å². The second-order valence-corrected chi connectivity index (χ2v) is 11.7. The number of carbonyl (C=O) groups excluding carboxylic acids is 1. The zero-order chi connectivity index (χ0) is 29.3. The SMILES string of the molecule is COc1cc(Nc2nc(Nc3cccc(C(C)(C)O)n3)c3c(C(N)=O)csc3n2)ccc1N1CCC(N(C)C)CC1. The molecule has 1 fully saturated rings. The molecular formula is C29H36N8O3S. The van der Waals surface area contributed by atoms with Crippen molar-refractivity contribution >= 4 is 56.4 Å². The van der Waals surface area contributed by atoms with Crippen molar-refractivity contribution in [2.75, 3.05) is 49.8 Å². The number of aliphatic hydroxyl groups is 1. The van der Waals surface area contributed by atoms with Gasteiger partial charge in [0.25, 0.3) is 0 Å². The molecule has 41 heavy (non-hydrogen) atoms. The van der Waals surface area contributed by atoms with Gasteiger partial charge in [-0.15, -0.1) is 11.3 Å². The quantitative estimate of drug-likeness (QED) is 0.226. The largest absolute Gasteiger partial charge is 0.495 e. The van der Waals surface area contributed by atoms with Gasteiger partial charge in [-0.05, 0) is 65.0 Å². The number of nitrogens with two attached hydrogens (primary N) is 1. The summed E-state index contributed by atoms with van der Waals surface area (Å²) in [4.78, 5) is 31.3. The van der Waals surface area contributed by atoms with E-state index < -0.39 is 11.5 Å². The minimum atomic E-state index is -1.13. The number of amides is 1. The van der Waals surface area contributed by atoms with Crippen LogP contribution in [0.25, 0.3) is 10.2 Å². The standard InChI is InChI=1S/C29H36N8O3S/c1-29(2,39)22-7-6-8-23(32-22)33-26-24-19(25(30)38)16-41-27(24)35-28(34-26)31-17-9-10-20(21(15-17)40-5)37-13-11-18(12-14-37)36(3)4/h6-10,15-16,18,39H,11-14H2,1-5H3,(H2,30,38)(H2,31,32,33,34,35). The lowest BCUT2D eigenvalue weighted by Crippen LogP contribution is -2.42. The maximum atomic E-state index is 12.2. The molecule has 4 aromatic rings. The first-order valence-electron chi connectivity index (χ1n) is 13.5. The molecule has 0 unspecified atom stereocenters. The summed E-state index contributed by atoms with van der Waals surface area (Å²) in [6, 6.07) is 11.9. The number of nitrogens with one attached hydrogen (secondary N) is 2. The van der Waals surface area contributed by atoms with Crippen molar-refractivity contribution in [2.45, 2.75) is 38.3 Å². The second kappa shape index (κ2) is 11.5. The van der Waals surface area contributed by atoms with Crippen LogP contribution in [0.3, 0.4) is 0 Å². The lowest BCUT2D eigenvalue weighted by Gasteiger charge is -2.37. The Kier molecular flexibility index (Phi) is 7.98. The summed E-state index contributed by atoms with van der Waals surface area (Å²) >= 11 is 1.30. The Morgan fingerprint density at radius 1 is 1.15 bits per heavy atom. The van der Waals surface area contributed by atoms with Gasteiger partial charge in [0, 0.05) is 36.3 Å². The summed E-state index contributed by atoms with van der Waals surface area (Å²) in [5.41, 5.74) is 7.15. The normalized spacial score (nSPS) is 14.5. The lowest BCUT2D eigenvalue weighted by molar-refractivity contribution is 0.0740. The number of nitrogens with zero attached hydrogens (tertiary/aromatic N) is 5. The molecule has 5 N–H and O–H groups in total. The van der Waals surface area contributed by atoms with E-state index in [2.05, 4.69) is 50.6 Å². The van der Waals surface area contributed by atoms with Crippen molar-refractivity contribution in [2.24, 2.45) is 5.73 Å². The fraction of sp³-hybridized carbons (Fsp3) is 0.379. The van der Waals surface area contributed by atoms with E-state index in [9.17, 15) is 9.90 Å². The van der Waals surface area contributed by atoms with E-state index in [0.29, 0.717) is 45.1 Å². The van der Waals surface area contributed by atoms with E-state index in [1.165, 1.54) is 11.3 Å². The van der Waals surface area contributed by atoms with Gasteiger partial charge in [0.2, 0.25) is 11.9 Å². The van der Waals surface area contributed by atoms with E-state index in [0.717, 1.165) is 43.1 Å². The summed E-state index contributed by atoms with van der Waals surface area (Å²) in [5.74, 6) is 1.36. The number of rotatable bonds is 9. The zero-order valence-corrected chi connectivity index (χ0v) is 24.7. The first-order valence-corrected chi connectivity index (χ1v) is 14.3. The predicted molar refractivity (Wildman–Crippen MR) is 164 cm³/mol. The number of anilines is 5. The molecule has 0 bridgehead atoms. The molecule has 1 saturated heterocycles. The Bertz CT molecular complexity index is 1560. The van der Waals surface area contributed by atoms with Crippen molar-refractivity contribution in [3.63, 3.8) is 0 Å². The van der Waals surface area contributed by atoms with Gasteiger partial charge in [-0.3, -0.25) is 4.79 Å². The van der Waals surface area contributed by atoms with Crippen molar-refractivity contribution in [1.82, 2.24) is 19.9 Å². The van der Waals surface area contributed by atoms with Crippen LogP contribution in [0.4, 0.5) is 29.0 Å². The Balaban J connectivity index is 1.45. The van der Waals surface area contributed by atoms with Crippen LogP contribution in [0.5, 0.6) is 5.75 Å². The monoisotopic (exact) mass is 576 g/mol. The Hall–Kier alpha value is -4.00. The van der Waals surface area contributed by atoms with Crippen LogP contribution in [0.1, 0.15) is 42.7 Å². The van der Waals surface area contributed by atoms with Crippen molar-refractivity contribution < 1.29 is 14.6 Å². The Morgan fingerprint density at radius 3 is 2.56 bits per heavy atom. The molecule has 0 atom stereocenters. The minimum Gasteiger partial charge on any atom is -0.495 e. The van der Waals surface area contributed by atoms with Crippen LogP contribution in [-0.4, -0.2) is 71.2 Å². The molecule has 4 heterocycles. The van der Waals surface area contributed by atoms with Crippen molar-refractivity contribution in [1.29, 1.82) is 0 Å². The molecule has 1 aliphatic rings. The van der Waals surface area contributed by atoms with E-state index >= 15 is 0 Å².